The first-order valence-corrected chi connectivity index (χ1v) is 13.2. The maximum atomic E-state index is 12.6. The van der Waals surface area contributed by atoms with Gasteiger partial charge >= 0.3 is 0 Å². The number of benzene rings is 1. The van der Waals surface area contributed by atoms with Crippen LogP contribution >= 0.6 is 0 Å². The van der Waals surface area contributed by atoms with Gasteiger partial charge in [0.25, 0.3) is 11.5 Å². The van der Waals surface area contributed by atoms with Crippen LogP contribution in [0.15, 0.2) is 46.3 Å². The Hall–Kier alpha value is -3.72. The molecule has 2 aliphatic heterocycles. The molecule has 9 nitrogen and oxygen atoms in total. The number of piperidine rings is 1. The lowest BCUT2D eigenvalue weighted by Gasteiger charge is -2.43. The molecule has 1 fully saturated rings. The molecular weight excluding hydrogens is 468 g/mol. The fourth-order valence-electron chi connectivity index (χ4n) is 6.19. The van der Waals surface area contributed by atoms with Gasteiger partial charge in [0.2, 0.25) is 0 Å². The van der Waals surface area contributed by atoms with Crippen LogP contribution in [-0.2, 0) is 25.9 Å². The molecule has 2 unspecified atom stereocenters. The van der Waals surface area contributed by atoms with E-state index in [9.17, 15) is 9.59 Å². The fraction of sp³-hybridized carbons (Fsp3) is 0.429. The Balaban J connectivity index is 1.16. The zero-order chi connectivity index (χ0) is 25.4. The summed E-state index contributed by atoms with van der Waals surface area (Å²) < 4.78 is 7.90. The van der Waals surface area contributed by atoms with Gasteiger partial charge in [-0.2, -0.15) is 10.2 Å². The van der Waals surface area contributed by atoms with Gasteiger partial charge in [0, 0.05) is 60.7 Å². The third-order valence-corrected chi connectivity index (χ3v) is 7.73. The van der Waals surface area contributed by atoms with Crippen LogP contribution in [0.1, 0.15) is 64.2 Å². The number of rotatable bonds is 7. The number of aromatic nitrogens is 3. The normalized spacial score (nSPS) is 20.6. The summed E-state index contributed by atoms with van der Waals surface area (Å²) in [5.41, 5.74) is 8.37. The second-order valence-corrected chi connectivity index (χ2v) is 10.3. The van der Waals surface area contributed by atoms with Crippen molar-refractivity contribution < 1.29 is 9.53 Å². The summed E-state index contributed by atoms with van der Waals surface area (Å²) in [5.74, 6) is 1.40. The lowest BCUT2D eigenvalue weighted by atomic mass is 9.83. The highest BCUT2D eigenvalue weighted by Crippen LogP contribution is 2.36. The summed E-state index contributed by atoms with van der Waals surface area (Å²) in [6.07, 6.45) is 5.66. The number of ether oxygens (including phenoxy) is 1. The standard InChI is InChI=1S/C28H32N6O3/c1-2-37-25-10-9-18(13-29-32-28(36)27-22-5-3-6-23(22)30-31-27)11-21(25)17-33-14-19-12-20(16-33)24-7-4-8-26(35)34(24)15-19/h4,7-11,13,19-20H,2-3,5-6,12,14-17H2,1H3,(H,30,31)(H,32,36)/b29-13+. The molecule has 37 heavy (non-hydrogen) atoms. The molecular formula is C28H32N6O3. The third-order valence-electron chi connectivity index (χ3n) is 7.73. The Bertz CT molecular complexity index is 1410. The number of nitrogens with one attached hydrogen (secondary N) is 2. The van der Waals surface area contributed by atoms with Crippen molar-refractivity contribution in [2.75, 3.05) is 19.7 Å². The molecule has 1 aromatic carbocycles. The molecule has 1 aliphatic carbocycles. The van der Waals surface area contributed by atoms with Crippen LogP contribution in [0.25, 0.3) is 0 Å². The maximum Gasteiger partial charge on any atom is 0.292 e. The minimum absolute atomic E-state index is 0.107. The second kappa shape index (κ2) is 9.97. The van der Waals surface area contributed by atoms with Gasteiger partial charge in [-0.05, 0) is 68.4 Å². The molecule has 3 aliphatic rings. The number of amides is 1. The van der Waals surface area contributed by atoms with E-state index in [1.165, 1.54) is 0 Å². The number of pyridine rings is 1. The van der Waals surface area contributed by atoms with E-state index in [0.29, 0.717) is 24.1 Å². The number of likely N-dealkylation sites (tertiary alicyclic amines) is 1. The highest BCUT2D eigenvalue weighted by Gasteiger charge is 2.34. The van der Waals surface area contributed by atoms with Crippen LogP contribution in [0.5, 0.6) is 5.75 Å². The summed E-state index contributed by atoms with van der Waals surface area (Å²) in [4.78, 5) is 27.4. The molecule has 0 spiro atoms. The predicted octanol–water partition coefficient (Wildman–Crippen LogP) is 2.84. The van der Waals surface area contributed by atoms with Gasteiger partial charge in [-0.25, -0.2) is 5.43 Å². The summed E-state index contributed by atoms with van der Waals surface area (Å²) in [6, 6.07) is 11.6. The first-order valence-electron chi connectivity index (χ1n) is 13.2. The zero-order valence-corrected chi connectivity index (χ0v) is 21.1. The van der Waals surface area contributed by atoms with E-state index in [4.69, 9.17) is 4.74 Å². The molecule has 6 rings (SSSR count). The highest BCUT2D eigenvalue weighted by atomic mass is 16.5. The summed E-state index contributed by atoms with van der Waals surface area (Å²) in [7, 11) is 0. The average molecular weight is 501 g/mol. The van der Waals surface area contributed by atoms with Gasteiger partial charge in [-0.3, -0.25) is 19.6 Å². The lowest BCUT2D eigenvalue weighted by Crippen LogP contribution is -2.46. The molecule has 4 heterocycles. The Morgan fingerprint density at radius 1 is 1.24 bits per heavy atom. The van der Waals surface area contributed by atoms with Crippen LogP contribution < -0.4 is 15.7 Å². The van der Waals surface area contributed by atoms with Crippen LogP contribution in [0.3, 0.4) is 0 Å². The molecule has 2 aromatic heterocycles. The average Bonchev–Trinajstić information content (AvgIpc) is 3.51. The molecule has 0 saturated carbocycles. The Kier molecular flexibility index (Phi) is 6.38. The van der Waals surface area contributed by atoms with Crippen LogP contribution in [0, 0.1) is 5.92 Å². The quantitative estimate of drug-likeness (QED) is 0.384. The summed E-state index contributed by atoms with van der Waals surface area (Å²) in [6.45, 7) is 5.98. The molecule has 2 atom stereocenters. The number of aromatic amines is 1. The van der Waals surface area contributed by atoms with Crippen molar-refractivity contribution in [1.29, 1.82) is 0 Å². The van der Waals surface area contributed by atoms with Crippen molar-refractivity contribution in [2.24, 2.45) is 11.0 Å². The van der Waals surface area contributed by atoms with E-state index in [0.717, 1.165) is 85.7 Å². The zero-order valence-electron chi connectivity index (χ0n) is 21.1. The smallest absolute Gasteiger partial charge is 0.292 e. The number of carbonyl (C=O) groups is 1. The predicted molar refractivity (Wildman–Crippen MR) is 140 cm³/mol. The van der Waals surface area contributed by atoms with E-state index in [1.54, 1.807) is 12.3 Å². The summed E-state index contributed by atoms with van der Waals surface area (Å²) >= 11 is 0. The van der Waals surface area contributed by atoms with Gasteiger partial charge in [-0.15, -0.1) is 0 Å². The molecule has 9 heteroatoms. The Morgan fingerprint density at radius 3 is 3.05 bits per heavy atom. The number of nitrogens with zero attached hydrogens (tertiary/aromatic N) is 4. The third kappa shape index (κ3) is 4.71. The molecule has 1 saturated heterocycles. The van der Waals surface area contributed by atoms with E-state index in [1.807, 2.05) is 29.7 Å². The van der Waals surface area contributed by atoms with Crippen LogP contribution in [-0.4, -0.2) is 51.5 Å². The van der Waals surface area contributed by atoms with Gasteiger partial charge in [-0.1, -0.05) is 6.07 Å². The van der Waals surface area contributed by atoms with Crippen molar-refractivity contribution in [3.63, 3.8) is 0 Å². The molecule has 2 bridgehead atoms. The fourth-order valence-corrected chi connectivity index (χ4v) is 6.19. The van der Waals surface area contributed by atoms with Gasteiger partial charge < -0.3 is 9.30 Å². The van der Waals surface area contributed by atoms with Gasteiger partial charge in [0.05, 0.1) is 12.8 Å². The Morgan fingerprint density at radius 2 is 2.16 bits per heavy atom. The molecule has 1 amide bonds. The van der Waals surface area contributed by atoms with E-state index >= 15 is 0 Å². The largest absolute Gasteiger partial charge is 0.494 e. The lowest BCUT2D eigenvalue weighted by molar-refractivity contribution is 0.0949. The monoisotopic (exact) mass is 500 g/mol. The molecule has 192 valence electrons. The van der Waals surface area contributed by atoms with E-state index in [-0.39, 0.29) is 11.5 Å². The van der Waals surface area contributed by atoms with Crippen molar-refractivity contribution in [2.45, 2.75) is 51.6 Å². The van der Waals surface area contributed by atoms with Crippen LogP contribution in [0.2, 0.25) is 0 Å². The topological polar surface area (TPSA) is 105 Å². The van der Waals surface area contributed by atoms with Crippen molar-refractivity contribution in [3.05, 3.63) is 80.5 Å². The molecule has 0 radical (unpaired) electrons. The molecule has 2 N–H and O–H groups in total. The first kappa shape index (κ1) is 23.7. The number of carbonyl (C=O) groups excluding carboxylic acids is 1. The van der Waals surface area contributed by atoms with E-state index in [2.05, 4.69) is 37.8 Å². The highest BCUT2D eigenvalue weighted by molar-refractivity contribution is 5.94. The number of fused-ring (bicyclic) bond motifs is 5. The van der Waals surface area contributed by atoms with Crippen molar-refractivity contribution in [3.8, 4) is 5.75 Å². The maximum absolute atomic E-state index is 12.6. The minimum Gasteiger partial charge on any atom is -0.494 e. The number of hydrogen-bond donors (Lipinski definition) is 2. The SMILES string of the molecule is CCOc1ccc(/C=N/NC(=O)c2n[nH]c3c2CCC3)cc1CN1CC2CC(C1)c1cccc(=O)n1C2. The first-order chi connectivity index (χ1) is 18.1. The number of H-pyrrole nitrogens is 1. The second-order valence-electron chi connectivity index (χ2n) is 10.3. The van der Waals surface area contributed by atoms with Crippen molar-refractivity contribution in [1.82, 2.24) is 25.1 Å². The number of aryl methyl sites for hydroxylation is 1. The summed E-state index contributed by atoms with van der Waals surface area (Å²) in [5, 5.41) is 11.3. The van der Waals surface area contributed by atoms with Gasteiger partial charge in [0.15, 0.2) is 5.69 Å². The van der Waals surface area contributed by atoms with Crippen molar-refractivity contribution >= 4 is 12.1 Å². The number of hydrazone groups is 1. The Labute approximate surface area is 215 Å². The van der Waals surface area contributed by atoms with Gasteiger partial charge in [0.1, 0.15) is 5.75 Å². The number of hydrogen-bond acceptors (Lipinski definition) is 6. The van der Waals surface area contributed by atoms with Crippen LogP contribution in [0.4, 0.5) is 0 Å². The van der Waals surface area contributed by atoms with E-state index < -0.39 is 0 Å². The molecule has 3 aromatic rings. The minimum atomic E-state index is -0.291.